The van der Waals surface area contributed by atoms with Gasteiger partial charge in [-0.25, -0.2) is 9.47 Å². The number of carbonyl (C=O) groups excluding carboxylic acids is 1. The first kappa shape index (κ1) is 17.2. The van der Waals surface area contributed by atoms with Crippen molar-refractivity contribution in [2.24, 2.45) is 0 Å². The molecular formula is C19H15BrIN2OS+. The molecule has 0 saturated carbocycles. The number of fused-ring (bicyclic) bond motifs is 1. The van der Waals surface area contributed by atoms with Crippen LogP contribution in [0, 0.1) is 3.57 Å². The van der Waals surface area contributed by atoms with E-state index in [0.717, 1.165) is 31.8 Å². The first-order valence-electron chi connectivity index (χ1n) is 7.93. The van der Waals surface area contributed by atoms with E-state index < -0.39 is 0 Å². The van der Waals surface area contributed by atoms with Gasteiger partial charge in [0.25, 0.3) is 0 Å². The molecule has 0 bridgehead atoms. The Hall–Kier alpha value is -1.25. The second kappa shape index (κ2) is 7.17. The number of anilines is 1. The molecule has 1 aromatic heterocycles. The number of halogens is 2. The van der Waals surface area contributed by atoms with Crippen molar-refractivity contribution in [1.82, 2.24) is 0 Å². The van der Waals surface area contributed by atoms with Crippen molar-refractivity contribution < 1.29 is 9.36 Å². The summed E-state index contributed by atoms with van der Waals surface area (Å²) in [5.74, 6) is 0.170. The molecule has 1 aliphatic heterocycles. The summed E-state index contributed by atoms with van der Waals surface area (Å²) in [7, 11) is 0. The Balaban J connectivity index is 1.55. The van der Waals surface area contributed by atoms with Gasteiger partial charge in [-0.05, 0) is 59.0 Å². The minimum Gasteiger partial charge on any atom is -0.290 e. The topological polar surface area (TPSA) is 24.2 Å². The second-order valence-electron chi connectivity index (χ2n) is 5.91. The van der Waals surface area contributed by atoms with Crippen molar-refractivity contribution in [2.75, 3.05) is 18.0 Å². The molecule has 2 aromatic carbocycles. The van der Waals surface area contributed by atoms with Crippen LogP contribution in [0.3, 0.4) is 0 Å². The first-order valence-corrected chi connectivity index (χ1v) is 10.7. The quantitative estimate of drug-likeness (QED) is 0.278. The zero-order chi connectivity index (χ0) is 17.4. The molecule has 0 N–H and O–H groups in total. The molecule has 1 aliphatic rings. The Morgan fingerprint density at radius 3 is 2.60 bits per heavy atom. The number of thiazole rings is 1. The standard InChI is InChI=1S/C19H15BrIN2OS/c20-15-5-1-13(2-6-15)17-12-25-19-22(9-10-23(17)19)11-18(24)14-3-7-16(21)8-4-14/h1-8,12H,9-11H2/q+1. The Morgan fingerprint density at radius 1 is 1.16 bits per heavy atom. The van der Waals surface area contributed by atoms with E-state index in [9.17, 15) is 4.79 Å². The summed E-state index contributed by atoms with van der Waals surface area (Å²) < 4.78 is 4.54. The molecule has 6 heteroatoms. The van der Waals surface area contributed by atoms with Gasteiger partial charge in [0, 0.05) is 24.5 Å². The number of benzene rings is 2. The predicted molar refractivity (Wildman–Crippen MR) is 113 cm³/mol. The van der Waals surface area contributed by atoms with Gasteiger partial charge in [-0.3, -0.25) is 4.79 Å². The van der Waals surface area contributed by atoms with Crippen LogP contribution in [0.2, 0.25) is 0 Å². The van der Waals surface area contributed by atoms with E-state index in [2.05, 4.69) is 77.6 Å². The van der Waals surface area contributed by atoms with Gasteiger partial charge in [0.15, 0.2) is 0 Å². The predicted octanol–water partition coefficient (Wildman–Crippen LogP) is 4.77. The van der Waals surface area contributed by atoms with Crippen LogP contribution in [-0.4, -0.2) is 18.9 Å². The van der Waals surface area contributed by atoms with Crippen molar-refractivity contribution in [3.8, 4) is 11.3 Å². The van der Waals surface area contributed by atoms with E-state index in [1.54, 1.807) is 11.3 Å². The molecule has 126 valence electrons. The molecule has 3 nitrogen and oxygen atoms in total. The number of ketones is 1. The minimum absolute atomic E-state index is 0.170. The van der Waals surface area contributed by atoms with Crippen LogP contribution in [0.25, 0.3) is 11.3 Å². The average molecular weight is 526 g/mol. The van der Waals surface area contributed by atoms with Crippen molar-refractivity contribution in [2.45, 2.75) is 6.54 Å². The fourth-order valence-corrected chi connectivity index (χ4v) is 4.73. The van der Waals surface area contributed by atoms with E-state index in [0.29, 0.717) is 6.54 Å². The number of aromatic nitrogens is 1. The van der Waals surface area contributed by atoms with Crippen molar-refractivity contribution in [3.05, 3.63) is 67.5 Å². The third-order valence-electron chi connectivity index (χ3n) is 4.30. The van der Waals surface area contributed by atoms with Crippen LogP contribution < -0.4 is 9.47 Å². The van der Waals surface area contributed by atoms with E-state index in [1.165, 1.54) is 11.3 Å². The number of Topliss-reactive ketones (excluding diaryl/α,β-unsaturated/α-hetero) is 1. The molecule has 0 spiro atoms. The first-order chi connectivity index (χ1) is 12.1. The Kier molecular flexibility index (Phi) is 4.92. The maximum atomic E-state index is 12.6. The summed E-state index contributed by atoms with van der Waals surface area (Å²) in [6.45, 7) is 2.23. The van der Waals surface area contributed by atoms with Gasteiger partial charge in [0.05, 0.1) is 0 Å². The molecule has 0 saturated heterocycles. The third-order valence-corrected chi connectivity index (χ3v) is 6.58. The van der Waals surface area contributed by atoms with Crippen LogP contribution in [0.5, 0.6) is 0 Å². The van der Waals surface area contributed by atoms with Gasteiger partial charge < -0.3 is 0 Å². The molecular weight excluding hydrogens is 511 g/mol. The van der Waals surface area contributed by atoms with E-state index in [1.807, 2.05) is 24.3 Å². The van der Waals surface area contributed by atoms with E-state index >= 15 is 0 Å². The zero-order valence-corrected chi connectivity index (χ0v) is 17.8. The largest absolute Gasteiger partial charge is 0.337 e. The lowest BCUT2D eigenvalue weighted by Crippen LogP contribution is -2.31. The summed E-state index contributed by atoms with van der Waals surface area (Å²) >= 11 is 7.45. The van der Waals surface area contributed by atoms with Gasteiger partial charge in [-0.15, -0.1) is 0 Å². The molecule has 4 rings (SSSR count). The summed E-state index contributed by atoms with van der Waals surface area (Å²) in [6.07, 6.45) is 0. The molecule has 0 radical (unpaired) electrons. The van der Waals surface area contributed by atoms with Crippen LogP contribution in [0.1, 0.15) is 10.4 Å². The smallest absolute Gasteiger partial charge is 0.290 e. The lowest BCUT2D eigenvalue weighted by Gasteiger charge is -2.07. The van der Waals surface area contributed by atoms with Gasteiger partial charge in [-0.1, -0.05) is 39.4 Å². The summed E-state index contributed by atoms with van der Waals surface area (Å²) in [4.78, 5) is 14.8. The van der Waals surface area contributed by atoms with E-state index in [-0.39, 0.29) is 5.78 Å². The molecule has 2 heterocycles. The molecule has 0 amide bonds. The number of nitrogens with zero attached hydrogens (tertiary/aromatic N) is 2. The Morgan fingerprint density at radius 2 is 1.88 bits per heavy atom. The zero-order valence-electron chi connectivity index (χ0n) is 13.3. The second-order valence-corrected chi connectivity index (χ2v) is 8.91. The van der Waals surface area contributed by atoms with Gasteiger partial charge in [0.1, 0.15) is 25.3 Å². The minimum atomic E-state index is 0.170. The lowest BCUT2D eigenvalue weighted by molar-refractivity contribution is -0.656. The van der Waals surface area contributed by atoms with Gasteiger partial charge in [0.2, 0.25) is 5.78 Å². The number of hydrogen-bond acceptors (Lipinski definition) is 3. The molecule has 0 aliphatic carbocycles. The highest BCUT2D eigenvalue weighted by atomic mass is 127. The molecule has 3 aromatic rings. The molecule has 0 unspecified atom stereocenters. The van der Waals surface area contributed by atoms with Crippen LogP contribution in [-0.2, 0) is 6.54 Å². The normalized spacial score (nSPS) is 13.1. The number of rotatable bonds is 4. The van der Waals surface area contributed by atoms with Gasteiger partial charge >= 0.3 is 5.13 Å². The highest BCUT2D eigenvalue weighted by Crippen LogP contribution is 2.29. The van der Waals surface area contributed by atoms with Crippen LogP contribution in [0.15, 0.2) is 58.4 Å². The Labute approximate surface area is 172 Å². The molecule has 0 fully saturated rings. The SMILES string of the molecule is O=C(CN1CC[n+]2c(-c3ccc(Br)cc3)csc21)c1ccc(I)cc1. The van der Waals surface area contributed by atoms with Crippen LogP contribution in [0.4, 0.5) is 5.13 Å². The van der Waals surface area contributed by atoms with Crippen molar-refractivity contribution >= 4 is 60.8 Å². The van der Waals surface area contributed by atoms with Crippen LogP contribution >= 0.6 is 49.9 Å². The fraction of sp³-hybridized carbons (Fsp3) is 0.158. The average Bonchev–Trinajstić information content (AvgIpc) is 3.19. The highest BCUT2D eigenvalue weighted by Gasteiger charge is 2.33. The highest BCUT2D eigenvalue weighted by molar-refractivity contribution is 14.1. The van der Waals surface area contributed by atoms with Crippen molar-refractivity contribution in [3.63, 3.8) is 0 Å². The molecule has 0 atom stereocenters. The van der Waals surface area contributed by atoms with E-state index in [4.69, 9.17) is 0 Å². The monoisotopic (exact) mass is 525 g/mol. The number of hydrogen-bond donors (Lipinski definition) is 0. The summed E-state index contributed by atoms with van der Waals surface area (Å²) in [5, 5.41) is 3.34. The maximum Gasteiger partial charge on any atom is 0.337 e. The molecule has 25 heavy (non-hydrogen) atoms. The number of carbonyl (C=O) groups is 1. The summed E-state index contributed by atoms with van der Waals surface area (Å²) in [6, 6.07) is 16.2. The third kappa shape index (κ3) is 3.52. The fourth-order valence-electron chi connectivity index (χ4n) is 3.01. The van der Waals surface area contributed by atoms with Gasteiger partial charge in [-0.2, -0.15) is 0 Å². The Bertz CT molecular complexity index is 922. The maximum absolute atomic E-state index is 12.6. The summed E-state index contributed by atoms with van der Waals surface area (Å²) in [5.41, 5.74) is 3.21. The lowest BCUT2D eigenvalue weighted by atomic mass is 10.1. The van der Waals surface area contributed by atoms with Crippen molar-refractivity contribution in [1.29, 1.82) is 0 Å².